The zero-order valence-electron chi connectivity index (χ0n) is 10.4. The molecule has 0 bridgehead atoms. The number of nitrogens with zero attached hydrogens (tertiary/aromatic N) is 2. The summed E-state index contributed by atoms with van der Waals surface area (Å²) in [7, 11) is 0. The number of aromatic nitrogens is 2. The van der Waals surface area contributed by atoms with E-state index in [1.165, 1.54) is 6.07 Å². The summed E-state index contributed by atoms with van der Waals surface area (Å²) in [5.41, 5.74) is 2.27. The molecule has 4 heteroatoms. The van der Waals surface area contributed by atoms with Gasteiger partial charge in [-0.05, 0) is 30.0 Å². The molecule has 0 atom stereocenters. The van der Waals surface area contributed by atoms with Crippen LogP contribution in [0.4, 0.5) is 4.39 Å². The van der Waals surface area contributed by atoms with Crippen LogP contribution in [0.3, 0.4) is 0 Å². The summed E-state index contributed by atoms with van der Waals surface area (Å²) in [5.74, 6) is -0.273. The van der Waals surface area contributed by atoms with Crippen LogP contribution in [0.1, 0.15) is 18.9 Å². The third-order valence-corrected chi connectivity index (χ3v) is 2.85. The average molecular weight is 248 g/mol. The Labute approximate surface area is 106 Å². The molecule has 0 amide bonds. The van der Waals surface area contributed by atoms with Gasteiger partial charge >= 0.3 is 0 Å². The van der Waals surface area contributed by atoms with Crippen molar-refractivity contribution in [3.05, 3.63) is 42.0 Å². The molecule has 0 unspecified atom stereocenters. The van der Waals surface area contributed by atoms with Crippen molar-refractivity contribution in [1.82, 2.24) is 9.78 Å². The van der Waals surface area contributed by atoms with Gasteiger partial charge < -0.3 is 5.11 Å². The molecule has 0 saturated heterocycles. The first-order valence-electron chi connectivity index (χ1n) is 6.16. The normalized spacial score (nSPS) is 10.8. The second-order valence-corrected chi connectivity index (χ2v) is 4.27. The molecular formula is C14H17FN2O. The highest BCUT2D eigenvalue weighted by Crippen LogP contribution is 2.21. The van der Waals surface area contributed by atoms with Crippen molar-refractivity contribution in [1.29, 1.82) is 0 Å². The minimum Gasteiger partial charge on any atom is -0.396 e. The van der Waals surface area contributed by atoms with Crippen LogP contribution in [0, 0.1) is 5.82 Å². The minimum atomic E-state index is -0.273. The summed E-state index contributed by atoms with van der Waals surface area (Å²) >= 11 is 0. The molecule has 1 heterocycles. The lowest BCUT2D eigenvalue weighted by Gasteiger charge is -2.03. The van der Waals surface area contributed by atoms with E-state index in [-0.39, 0.29) is 12.4 Å². The molecule has 0 aliphatic carbocycles. The van der Waals surface area contributed by atoms with Crippen molar-refractivity contribution in [2.24, 2.45) is 0 Å². The van der Waals surface area contributed by atoms with Crippen LogP contribution in [0.15, 0.2) is 30.6 Å². The lowest BCUT2D eigenvalue weighted by molar-refractivity contribution is 0.297. The molecule has 1 N–H and O–H groups in total. The Balaban J connectivity index is 2.24. The van der Waals surface area contributed by atoms with Gasteiger partial charge in [-0.1, -0.05) is 19.1 Å². The summed E-state index contributed by atoms with van der Waals surface area (Å²) in [6, 6.07) is 5.08. The zero-order valence-corrected chi connectivity index (χ0v) is 10.4. The monoisotopic (exact) mass is 248 g/mol. The van der Waals surface area contributed by atoms with Gasteiger partial charge in [0, 0.05) is 24.9 Å². The summed E-state index contributed by atoms with van der Waals surface area (Å²) in [4.78, 5) is 0. The van der Waals surface area contributed by atoms with Gasteiger partial charge in [-0.3, -0.25) is 4.68 Å². The van der Waals surface area contributed by atoms with Crippen molar-refractivity contribution in [2.45, 2.75) is 26.3 Å². The molecule has 1 aromatic carbocycles. The first-order valence-corrected chi connectivity index (χ1v) is 6.16. The van der Waals surface area contributed by atoms with E-state index in [4.69, 9.17) is 5.11 Å². The fourth-order valence-electron chi connectivity index (χ4n) is 1.91. The molecule has 0 radical (unpaired) electrons. The minimum absolute atomic E-state index is 0.0370. The Morgan fingerprint density at radius 1 is 1.33 bits per heavy atom. The van der Waals surface area contributed by atoms with E-state index in [0.29, 0.717) is 12.0 Å². The first-order chi connectivity index (χ1) is 8.74. The van der Waals surface area contributed by atoms with Gasteiger partial charge in [-0.15, -0.1) is 0 Å². The Bertz CT molecular complexity index is 522. The van der Waals surface area contributed by atoms with Crippen LogP contribution in [-0.4, -0.2) is 21.5 Å². The van der Waals surface area contributed by atoms with Gasteiger partial charge in [0.25, 0.3) is 0 Å². The zero-order chi connectivity index (χ0) is 13.0. The lowest BCUT2D eigenvalue weighted by atomic mass is 10.1. The van der Waals surface area contributed by atoms with E-state index in [2.05, 4.69) is 12.0 Å². The van der Waals surface area contributed by atoms with E-state index >= 15 is 0 Å². The van der Waals surface area contributed by atoms with Crippen LogP contribution in [0.2, 0.25) is 0 Å². The highest BCUT2D eigenvalue weighted by molar-refractivity contribution is 5.62. The topological polar surface area (TPSA) is 38.0 Å². The molecule has 0 aliphatic heterocycles. The second kappa shape index (κ2) is 5.78. The molecule has 0 spiro atoms. The average Bonchev–Trinajstić information content (AvgIpc) is 2.81. The number of halogens is 1. The van der Waals surface area contributed by atoms with Crippen LogP contribution in [0.25, 0.3) is 11.1 Å². The van der Waals surface area contributed by atoms with E-state index in [1.807, 2.05) is 16.9 Å². The number of benzene rings is 1. The quantitative estimate of drug-likeness (QED) is 0.883. The maximum absolute atomic E-state index is 13.7. The maximum Gasteiger partial charge on any atom is 0.127 e. The number of rotatable bonds is 5. The standard InChI is InChI=1S/C14H17FN2O/c1-2-6-17-10-13(9-16-17)12-4-3-11(5-7-18)14(15)8-12/h3-4,8-10,18H,2,5-7H2,1H3. The fourth-order valence-corrected chi connectivity index (χ4v) is 1.91. The van der Waals surface area contributed by atoms with Gasteiger partial charge in [0.1, 0.15) is 5.82 Å². The van der Waals surface area contributed by atoms with Crippen LogP contribution in [0.5, 0.6) is 0 Å². The summed E-state index contributed by atoms with van der Waals surface area (Å²) in [6.45, 7) is 2.92. The Hall–Kier alpha value is -1.68. The Kier molecular flexibility index (Phi) is 4.10. The molecule has 1 aromatic heterocycles. The molecule has 3 nitrogen and oxygen atoms in total. The Morgan fingerprint density at radius 3 is 2.83 bits per heavy atom. The van der Waals surface area contributed by atoms with Gasteiger partial charge in [-0.25, -0.2) is 4.39 Å². The number of aliphatic hydroxyl groups is 1. The van der Waals surface area contributed by atoms with Gasteiger partial charge in [0.05, 0.1) is 6.20 Å². The first kappa shape index (κ1) is 12.8. The van der Waals surface area contributed by atoms with Gasteiger partial charge in [0.15, 0.2) is 0 Å². The third kappa shape index (κ3) is 2.76. The molecule has 0 saturated carbocycles. The third-order valence-electron chi connectivity index (χ3n) is 2.85. The van der Waals surface area contributed by atoms with Crippen molar-refractivity contribution < 1.29 is 9.50 Å². The molecule has 2 rings (SSSR count). The van der Waals surface area contributed by atoms with E-state index in [9.17, 15) is 4.39 Å². The smallest absolute Gasteiger partial charge is 0.127 e. The Morgan fingerprint density at radius 2 is 2.17 bits per heavy atom. The van der Waals surface area contributed by atoms with Crippen molar-refractivity contribution in [3.63, 3.8) is 0 Å². The predicted octanol–water partition coefficient (Wildman–Crippen LogP) is 2.63. The second-order valence-electron chi connectivity index (χ2n) is 4.27. The highest BCUT2D eigenvalue weighted by Gasteiger charge is 2.06. The summed E-state index contributed by atoms with van der Waals surface area (Å²) in [6.07, 6.45) is 5.03. The van der Waals surface area contributed by atoms with Crippen molar-refractivity contribution in [2.75, 3.05) is 6.61 Å². The fraction of sp³-hybridized carbons (Fsp3) is 0.357. The number of hydrogen-bond acceptors (Lipinski definition) is 2. The predicted molar refractivity (Wildman–Crippen MR) is 68.7 cm³/mol. The van der Waals surface area contributed by atoms with E-state index in [0.717, 1.165) is 24.1 Å². The highest BCUT2D eigenvalue weighted by atomic mass is 19.1. The van der Waals surface area contributed by atoms with Crippen LogP contribution < -0.4 is 0 Å². The maximum atomic E-state index is 13.7. The molecule has 96 valence electrons. The summed E-state index contributed by atoms with van der Waals surface area (Å²) in [5, 5.41) is 13.0. The number of aliphatic hydroxyl groups excluding tert-OH is 1. The van der Waals surface area contributed by atoms with Crippen LogP contribution in [-0.2, 0) is 13.0 Å². The molecule has 0 aliphatic rings. The van der Waals surface area contributed by atoms with Crippen LogP contribution >= 0.6 is 0 Å². The molecule has 0 fully saturated rings. The molecule has 18 heavy (non-hydrogen) atoms. The molecule has 2 aromatic rings. The van der Waals surface area contributed by atoms with Gasteiger partial charge in [0.2, 0.25) is 0 Å². The largest absolute Gasteiger partial charge is 0.396 e. The van der Waals surface area contributed by atoms with E-state index < -0.39 is 0 Å². The van der Waals surface area contributed by atoms with Crippen molar-refractivity contribution >= 4 is 0 Å². The number of hydrogen-bond donors (Lipinski definition) is 1. The number of aryl methyl sites for hydroxylation is 1. The molecular weight excluding hydrogens is 231 g/mol. The SMILES string of the molecule is CCCn1cc(-c2ccc(CCO)c(F)c2)cn1. The van der Waals surface area contributed by atoms with Crippen molar-refractivity contribution in [3.8, 4) is 11.1 Å². The van der Waals surface area contributed by atoms with Gasteiger partial charge in [-0.2, -0.15) is 5.10 Å². The lowest BCUT2D eigenvalue weighted by Crippen LogP contribution is -1.96. The van der Waals surface area contributed by atoms with E-state index in [1.54, 1.807) is 12.3 Å². The summed E-state index contributed by atoms with van der Waals surface area (Å²) < 4.78 is 15.6.